The molecule has 0 bridgehead atoms. The molecule has 1 aromatic rings. The van der Waals surface area contributed by atoms with Gasteiger partial charge < -0.3 is 0 Å². The quantitative estimate of drug-likeness (QED) is 0.786. The summed E-state index contributed by atoms with van der Waals surface area (Å²) in [5.41, 5.74) is 0.999. The highest BCUT2D eigenvalue weighted by Gasteiger charge is 2.27. The third kappa shape index (κ3) is 2.75. The largest absolute Gasteiger partial charge is 0.271 e. The number of hydrogen-bond donors (Lipinski definition) is 0. The van der Waals surface area contributed by atoms with Crippen LogP contribution in [0.5, 0.6) is 0 Å². The van der Waals surface area contributed by atoms with Gasteiger partial charge in [0.1, 0.15) is 0 Å². The van der Waals surface area contributed by atoms with Gasteiger partial charge in [0, 0.05) is 5.02 Å². The van der Waals surface area contributed by atoms with Gasteiger partial charge in [-0.1, -0.05) is 39.7 Å². The summed E-state index contributed by atoms with van der Waals surface area (Å²) in [6.45, 7) is 1.02. The highest BCUT2D eigenvalue weighted by molar-refractivity contribution is 9.10. The number of hydrogen-bond acceptors (Lipinski definition) is 2. The Morgan fingerprint density at radius 3 is 2.81 bits per heavy atom. The zero-order valence-corrected chi connectivity index (χ0v) is 10.9. The number of alkyl halides is 1. The maximum atomic E-state index is 11.7. The zero-order valence-electron chi connectivity index (χ0n) is 8.53. The Hall–Kier alpha value is -0.580. The summed E-state index contributed by atoms with van der Waals surface area (Å²) < 4.78 is 0. The van der Waals surface area contributed by atoms with Crippen molar-refractivity contribution in [1.82, 2.24) is 5.06 Å². The Labute approximate surface area is 107 Å². The highest BCUT2D eigenvalue weighted by atomic mass is 79.9. The molecule has 0 N–H and O–H groups in total. The van der Waals surface area contributed by atoms with Gasteiger partial charge in [-0.2, -0.15) is 0 Å². The summed E-state index contributed by atoms with van der Waals surface area (Å²) in [7, 11) is 0. The molecule has 1 aromatic carbocycles. The lowest BCUT2D eigenvalue weighted by molar-refractivity contribution is -0.200. The van der Waals surface area contributed by atoms with Crippen molar-refractivity contribution in [3.63, 3.8) is 0 Å². The Morgan fingerprint density at radius 1 is 1.44 bits per heavy atom. The molecule has 1 aliphatic heterocycles. The minimum absolute atomic E-state index is 0.0267. The van der Waals surface area contributed by atoms with Gasteiger partial charge >= 0.3 is 0 Å². The summed E-state index contributed by atoms with van der Waals surface area (Å²) in [4.78, 5) is 16.9. The Balaban J connectivity index is 2.03. The van der Waals surface area contributed by atoms with Gasteiger partial charge in [-0.15, -0.1) is 0 Å². The normalized spacial score (nSPS) is 21.2. The minimum atomic E-state index is -0.131. The molecule has 1 unspecified atom stereocenters. The summed E-state index contributed by atoms with van der Waals surface area (Å²) >= 11 is 9.11. The van der Waals surface area contributed by atoms with Gasteiger partial charge in [0.15, 0.2) is 0 Å². The Bertz CT molecular complexity index is 382. The van der Waals surface area contributed by atoms with Crippen LogP contribution in [0.4, 0.5) is 0 Å². The van der Waals surface area contributed by atoms with Crippen LogP contribution in [0.25, 0.3) is 0 Å². The van der Waals surface area contributed by atoms with Gasteiger partial charge in [0.25, 0.3) is 5.91 Å². The molecule has 0 spiro atoms. The highest BCUT2D eigenvalue weighted by Crippen LogP contribution is 2.19. The number of amides is 1. The SMILES string of the molecule is O=C1C(Br)CCON1Cc1ccc(Cl)cc1. The molecule has 86 valence electrons. The molecule has 1 amide bonds. The maximum Gasteiger partial charge on any atom is 0.260 e. The topological polar surface area (TPSA) is 29.5 Å². The first-order valence-corrected chi connectivity index (χ1v) is 6.29. The van der Waals surface area contributed by atoms with Gasteiger partial charge in [-0.3, -0.25) is 9.63 Å². The van der Waals surface area contributed by atoms with Gasteiger partial charge in [-0.25, -0.2) is 5.06 Å². The molecule has 0 saturated carbocycles. The number of benzene rings is 1. The molecule has 1 saturated heterocycles. The molecule has 1 aliphatic rings. The standard InChI is InChI=1S/C11H11BrClNO2/c12-10-5-6-16-14(11(10)15)7-8-1-3-9(13)4-2-8/h1-4,10H,5-7H2. The smallest absolute Gasteiger partial charge is 0.260 e. The van der Waals surface area contributed by atoms with Crippen LogP contribution < -0.4 is 0 Å². The third-order valence-corrected chi connectivity index (χ3v) is 3.47. The lowest BCUT2D eigenvalue weighted by Crippen LogP contribution is -2.41. The fourth-order valence-electron chi connectivity index (χ4n) is 1.49. The summed E-state index contributed by atoms with van der Waals surface area (Å²) in [5.74, 6) is -0.0267. The van der Waals surface area contributed by atoms with E-state index in [-0.39, 0.29) is 10.7 Å². The van der Waals surface area contributed by atoms with Crippen LogP contribution in [0.15, 0.2) is 24.3 Å². The number of carbonyl (C=O) groups excluding carboxylic acids is 1. The predicted octanol–water partition coefficient (Wildman–Crippen LogP) is 2.77. The third-order valence-electron chi connectivity index (χ3n) is 2.37. The molecule has 2 rings (SSSR count). The van der Waals surface area contributed by atoms with Crippen molar-refractivity contribution >= 4 is 33.4 Å². The van der Waals surface area contributed by atoms with E-state index in [1.807, 2.05) is 12.1 Å². The Morgan fingerprint density at radius 2 is 2.12 bits per heavy atom. The lowest BCUT2D eigenvalue weighted by atomic mass is 10.2. The molecule has 0 aromatic heterocycles. The first-order valence-electron chi connectivity index (χ1n) is 4.99. The van der Waals surface area contributed by atoms with E-state index in [1.54, 1.807) is 12.1 Å². The summed E-state index contributed by atoms with van der Waals surface area (Å²) in [6.07, 6.45) is 0.718. The fourth-order valence-corrected chi connectivity index (χ4v) is 2.03. The molecule has 16 heavy (non-hydrogen) atoms. The van der Waals surface area contributed by atoms with E-state index in [2.05, 4.69) is 15.9 Å². The van der Waals surface area contributed by atoms with Crippen LogP contribution in [-0.4, -0.2) is 22.4 Å². The lowest BCUT2D eigenvalue weighted by Gasteiger charge is -2.28. The van der Waals surface area contributed by atoms with E-state index in [0.717, 1.165) is 12.0 Å². The van der Waals surface area contributed by atoms with E-state index in [0.29, 0.717) is 18.2 Å². The average molecular weight is 305 g/mol. The van der Waals surface area contributed by atoms with Gasteiger partial charge in [0.2, 0.25) is 0 Å². The van der Waals surface area contributed by atoms with Gasteiger partial charge in [-0.05, 0) is 24.1 Å². The van der Waals surface area contributed by atoms with Crippen molar-refractivity contribution in [2.24, 2.45) is 0 Å². The van der Waals surface area contributed by atoms with Crippen LogP contribution in [0.3, 0.4) is 0 Å². The monoisotopic (exact) mass is 303 g/mol. The molecular weight excluding hydrogens is 293 g/mol. The molecular formula is C11H11BrClNO2. The van der Waals surface area contributed by atoms with Crippen molar-refractivity contribution in [3.8, 4) is 0 Å². The molecule has 1 heterocycles. The molecule has 3 nitrogen and oxygen atoms in total. The second kappa shape index (κ2) is 5.17. The minimum Gasteiger partial charge on any atom is -0.271 e. The van der Waals surface area contributed by atoms with E-state index in [9.17, 15) is 4.79 Å². The molecule has 5 heteroatoms. The number of carbonyl (C=O) groups is 1. The maximum absolute atomic E-state index is 11.7. The predicted molar refractivity (Wildman–Crippen MR) is 65.3 cm³/mol. The van der Waals surface area contributed by atoms with Crippen molar-refractivity contribution < 1.29 is 9.63 Å². The Kier molecular flexibility index (Phi) is 3.84. The van der Waals surface area contributed by atoms with Crippen LogP contribution in [0, 0.1) is 0 Å². The summed E-state index contributed by atoms with van der Waals surface area (Å²) in [6, 6.07) is 7.38. The van der Waals surface area contributed by atoms with Crippen LogP contribution in [-0.2, 0) is 16.2 Å². The molecule has 1 fully saturated rings. The average Bonchev–Trinajstić information content (AvgIpc) is 2.28. The molecule has 0 radical (unpaired) electrons. The van der Waals surface area contributed by atoms with Crippen LogP contribution >= 0.6 is 27.5 Å². The van der Waals surface area contributed by atoms with Crippen LogP contribution in [0.1, 0.15) is 12.0 Å². The van der Waals surface area contributed by atoms with E-state index in [4.69, 9.17) is 16.4 Å². The number of hydroxylamine groups is 2. The van der Waals surface area contributed by atoms with Crippen LogP contribution in [0.2, 0.25) is 5.02 Å². The number of rotatable bonds is 2. The van der Waals surface area contributed by atoms with Gasteiger partial charge in [0.05, 0.1) is 18.0 Å². The second-order valence-corrected chi connectivity index (χ2v) is 5.13. The number of halogens is 2. The van der Waals surface area contributed by atoms with E-state index in [1.165, 1.54) is 5.06 Å². The van der Waals surface area contributed by atoms with E-state index < -0.39 is 0 Å². The second-order valence-electron chi connectivity index (χ2n) is 3.59. The first-order chi connectivity index (χ1) is 7.66. The van der Waals surface area contributed by atoms with E-state index >= 15 is 0 Å². The van der Waals surface area contributed by atoms with Crippen molar-refractivity contribution in [3.05, 3.63) is 34.9 Å². The molecule has 0 aliphatic carbocycles. The number of nitrogens with zero attached hydrogens (tertiary/aromatic N) is 1. The summed E-state index contributed by atoms with van der Waals surface area (Å²) in [5, 5.41) is 2.08. The van der Waals surface area contributed by atoms with Crippen molar-refractivity contribution in [1.29, 1.82) is 0 Å². The first kappa shape index (κ1) is 11.9. The fraction of sp³-hybridized carbons (Fsp3) is 0.364. The zero-order chi connectivity index (χ0) is 11.5. The molecule has 1 atom stereocenters. The van der Waals surface area contributed by atoms with Crippen molar-refractivity contribution in [2.45, 2.75) is 17.8 Å². The van der Waals surface area contributed by atoms with Crippen molar-refractivity contribution in [2.75, 3.05) is 6.61 Å².